The molecule has 0 fully saturated rings. The zero-order valence-corrected chi connectivity index (χ0v) is 12.3. The Hall–Kier alpha value is -1.20. The second kappa shape index (κ2) is 5.84. The molecule has 19 heavy (non-hydrogen) atoms. The predicted octanol–water partition coefficient (Wildman–Crippen LogP) is 1.41. The van der Waals surface area contributed by atoms with E-state index in [4.69, 9.17) is 5.73 Å². The molecule has 1 aromatic heterocycles. The summed E-state index contributed by atoms with van der Waals surface area (Å²) in [6, 6.07) is 0. The summed E-state index contributed by atoms with van der Waals surface area (Å²) in [5.41, 5.74) is 8.27. The maximum absolute atomic E-state index is 5.52. The van der Waals surface area contributed by atoms with Crippen molar-refractivity contribution >= 4 is 0 Å². The molecule has 0 aliphatic carbocycles. The third kappa shape index (κ3) is 3.88. The molecule has 2 heterocycles. The lowest BCUT2D eigenvalue weighted by Gasteiger charge is -2.32. The number of nitrogens with two attached hydrogens (primary N) is 1. The van der Waals surface area contributed by atoms with Crippen molar-refractivity contribution in [3.63, 3.8) is 0 Å². The monoisotopic (exact) mass is 263 g/mol. The smallest absolute Gasteiger partial charge is 0.0962 e. The van der Waals surface area contributed by atoms with Crippen LogP contribution in [0.15, 0.2) is 17.8 Å². The van der Waals surface area contributed by atoms with Gasteiger partial charge < -0.3 is 5.73 Å². The first-order valence-electron chi connectivity index (χ1n) is 7.00. The van der Waals surface area contributed by atoms with E-state index >= 15 is 0 Å². The summed E-state index contributed by atoms with van der Waals surface area (Å²) in [6.45, 7) is 11.4. The van der Waals surface area contributed by atoms with E-state index in [1.165, 1.54) is 6.42 Å². The number of nitrogens with zero attached hydrogens (tertiary/aromatic N) is 4. The second-order valence-corrected chi connectivity index (χ2v) is 6.21. The molecule has 5 heteroatoms. The molecule has 0 bridgehead atoms. The van der Waals surface area contributed by atoms with Crippen LogP contribution in [0.5, 0.6) is 0 Å². The third-order valence-electron chi connectivity index (χ3n) is 3.70. The molecule has 2 rings (SSSR count). The minimum atomic E-state index is 0.314. The van der Waals surface area contributed by atoms with Crippen LogP contribution in [0.2, 0.25) is 0 Å². The van der Waals surface area contributed by atoms with Crippen LogP contribution in [0.25, 0.3) is 0 Å². The quantitative estimate of drug-likeness (QED) is 0.835. The van der Waals surface area contributed by atoms with Gasteiger partial charge in [0.2, 0.25) is 0 Å². The Balaban J connectivity index is 1.81. The standard InChI is InChI=1S/C14H25N5/c1-14(2,3)12-4-6-18(7-5-12)8-9-19-11-13(10-15)16-17-19/h4,11H,5-10,15H2,1-3H3. The Morgan fingerprint density at radius 1 is 1.32 bits per heavy atom. The molecule has 106 valence electrons. The lowest BCUT2D eigenvalue weighted by Crippen LogP contribution is -2.33. The molecule has 0 unspecified atom stereocenters. The normalized spacial score (nSPS) is 17.6. The van der Waals surface area contributed by atoms with E-state index in [1.54, 1.807) is 5.57 Å². The van der Waals surface area contributed by atoms with Crippen LogP contribution in [0.4, 0.5) is 0 Å². The van der Waals surface area contributed by atoms with Crippen LogP contribution in [-0.2, 0) is 13.1 Å². The van der Waals surface area contributed by atoms with Gasteiger partial charge in [0, 0.05) is 32.4 Å². The molecule has 0 amide bonds. The van der Waals surface area contributed by atoms with Crippen molar-refractivity contribution in [2.24, 2.45) is 11.1 Å². The van der Waals surface area contributed by atoms with Gasteiger partial charge in [-0.15, -0.1) is 5.10 Å². The van der Waals surface area contributed by atoms with Gasteiger partial charge in [-0.25, -0.2) is 0 Å². The third-order valence-corrected chi connectivity index (χ3v) is 3.70. The lowest BCUT2D eigenvalue weighted by molar-refractivity contribution is 0.263. The van der Waals surface area contributed by atoms with Gasteiger partial charge in [-0.05, 0) is 11.8 Å². The highest BCUT2D eigenvalue weighted by Gasteiger charge is 2.20. The molecule has 2 N–H and O–H groups in total. The lowest BCUT2D eigenvalue weighted by atomic mass is 9.83. The van der Waals surface area contributed by atoms with E-state index in [1.807, 2.05) is 10.9 Å². The van der Waals surface area contributed by atoms with Crippen LogP contribution in [0, 0.1) is 5.41 Å². The van der Waals surface area contributed by atoms with Crippen molar-refractivity contribution in [2.45, 2.75) is 40.3 Å². The van der Waals surface area contributed by atoms with Gasteiger partial charge in [0.1, 0.15) is 0 Å². The van der Waals surface area contributed by atoms with Crippen LogP contribution in [-0.4, -0.2) is 39.5 Å². The molecule has 1 aliphatic rings. The zero-order chi connectivity index (χ0) is 13.9. The average Bonchev–Trinajstić information content (AvgIpc) is 2.84. The summed E-state index contributed by atoms with van der Waals surface area (Å²) in [5, 5.41) is 8.07. The first kappa shape index (κ1) is 14.2. The second-order valence-electron chi connectivity index (χ2n) is 6.21. The summed E-state index contributed by atoms with van der Waals surface area (Å²) in [6.07, 6.45) is 5.49. The molecule has 0 atom stereocenters. The van der Waals surface area contributed by atoms with Gasteiger partial charge in [0.05, 0.1) is 12.2 Å². The summed E-state index contributed by atoms with van der Waals surface area (Å²) in [5.74, 6) is 0. The van der Waals surface area contributed by atoms with E-state index < -0.39 is 0 Å². The van der Waals surface area contributed by atoms with Crippen LogP contribution < -0.4 is 5.73 Å². The summed E-state index contributed by atoms with van der Waals surface area (Å²) in [4.78, 5) is 2.46. The van der Waals surface area contributed by atoms with Crippen molar-refractivity contribution in [3.8, 4) is 0 Å². The van der Waals surface area contributed by atoms with E-state index in [9.17, 15) is 0 Å². The van der Waals surface area contributed by atoms with E-state index in [0.717, 1.165) is 31.9 Å². The van der Waals surface area contributed by atoms with Gasteiger partial charge >= 0.3 is 0 Å². The summed E-state index contributed by atoms with van der Waals surface area (Å²) < 4.78 is 1.88. The molecule has 1 aromatic rings. The molecule has 0 radical (unpaired) electrons. The van der Waals surface area contributed by atoms with Gasteiger partial charge in [0.15, 0.2) is 0 Å². The maximum Gasteiger partial charge on any atom is 0.0962 e. The van der Waals surface area contributed by atoms with Crippen LogP contribution in [0.3, 0.4) is 0 Å². The predicted molar refractivity (Wildman–Crippen MR) is 76.5 cm³/mol. The highest BCUT2D eigenvalue weighted by atomic mass is 15.4. The largest absolute Gasteiger partial charge is 0.325 e. The van der Waals surface area contributed by atoms with Gasteiger partial charge in [-0.3, -0.25) is 9.58 Å². The van der Waals surface area contributed by atoms with Gasteiger partial charge in [-0.2, -0.15) is 0 Å². The van der Waals surface area contributed by atoms with Gasteiger partial charge in [-0.1, -0.05) is 37.6 Å². The molecule has 0 saturated carbocycles. The topological polar surface area (TPSA) is 60.0 Å². The molecule has 5 nitrogen and oxygen atoms in total. The Bertz CT molecular complexity index is 441. The van der Waals surface area contributed by atoms with Crippen molar-refractivity contribution in [1.29, 1.82) is 0 Å². The van der Waals surface area contributed by atoms with Crippen LogP contribution >= 0.6 is 0 Å². The fourth-order valence-corrected chi connectivity index (χ4v) is 2.38. The molecular weight excluding hydrogens is 238 g/mol. The fourth-order valence-electron chi connectivity index (χ4n) is 2.38. The molecule has 0 saturated heterocycles. The molecular formula is C14H25N5. The van der Waals surface area contributed by atoms with E-state index in [0.29, 0.717) is 12.0 Å². The average molecular weight is 263 g/mol. The Labute approximate surface area is 115 Å². The number of rotatable bonds is 4. The van der Waals surface area contributed by atoms with E-state index in [2.05, 4.69) is 42.1 Å². The molecule has 0 aromatic carbocycles. The fraction of sp³-hybridized carbons (Fsp3) is 0.714. The minimum absolute atomic E-state index is 0.314. The number of hydrogen-bond acceptors (Lipinski definition) is 4. The molecule has 0 spiro atoms. The zero-order valence-electron chi connectivity index (χ0n) is 12.3. The first-order valence-corrected chi connectivity index (χ1v) is 7.00. The van der Waals surface area contributed by atoms with Crippen molar-refractivity contribution < 1.29 is 0 Å². The number of hydrogen-bond donors (Lipinski definition) is 1. The highest BCUT2D eigenvalue weighted by Crippen LogP contribution is 2.29. The van der Waals surface area contributed by atoms with Crippen LogP contribution in [0.1, 0.15) is 32.9 Å². The summed E-state index contributed by atoms with van der Waals surface area (Å²) in [7, 11) is 0. The Morgan fingerprint density at radius 3 is 2.63 bits per heavy atom. The molecule has 1 aliphatic heterocycles. The maximum atomic E-state index is 5.52. The number of aromatic nitrogens is 3. The Morgan fingerprint density at radius 2 is 2.11 bits per heavy atom. The van der Waals surface area contributed by atoms with E-state index in [-0.39, 0.29) is 0 Å². The first-order chi connectivity index (χ1) is 8.99. The SMILES string of the molecule is CC(C)(C)C1=CCN(CCn2cc(CN)nn2)CC1. The van der Waals surface area contributed by atoms with Gasteiger partial charge in [0.25, 0.3) is 0 Å². The van der Waals surface area contributed by atoms with Crippen molar-refractivity contribution in [1.82, 2.24) is 19.9 Å². The Kier molecular flexibility index (Phi) is 4.37. The summed E-state index contributed by atoms with van der Waals surface area (Å²) >= 11 is 0. The van der Waals surface area contributed by atoms with Crippen molar-refractivity contribution in [3.05, 3.63) is 23.5 Å². The minimum Gasteiger partial charge on any atom is -0.325 e. The highest BCUT2D eigenvalue weighted by molar-refractivity contribution is 5.14. The van der Waals surface area contributed by atoms with Crippen molar-refractivity contribution in [2.75, 3.05) is 19.6 Å².